The molecule has 1 aliphatic rings. The second kappa shape index (κ2) is 5.66. The van der Waals surface area contributed by atoms with Crippen LogP contribution in [0.3, 0.4) is 0 Å². The highest BCUT2D eigenvalue weighted by molar-refractivity contribution is 5.97. The lowest BCUT2D eigenvalue weighted by molar-refractivity contribution is -0.297. The Labute approximate surface area is 138 Å². The highest BCUT2D eigenvalue weighted by Gasteiger charge is 2.62. The number of hydrogen-bond acceptors (Lipinski definition) is 4. The number of hydrogen-bond donors (Lipinski definition) is 2. The third-order valence-electron chi connectivity index (χ3n) is 3.72. The number of alkyl halides is 3. The summed E-state index contributed by atoms with van der Waals surface area (Å²) in [7, 11) is 0. The number of carbonyl (C=O) groups excluding carboxylic acids is 1. The number of H-pyrrole nitrogens is 1. The molecule has 0 unspecified atom stereocenters. The zero-order valence-electron chi connectivity index (χ0n) is 12.8. The molecule has 132 valence electrons. The molecule has 0 bridgehead atoms. The first-order chi connectivity index (χ1) is 11.6. The minimum atomic E-state index is -5.08. The molecule has 0 saturated heterocycles. The van der Waals surface area contributed by atoms with Crippen LogP contribution in [-0.2, 0) is 0 Å². The molecule has 3 rings (SSSR count). The van der Waals surface area contributed by atoms with Crippen molar-refractivity contribution in [1.29, 1.82) is 0 Å². The van der Waals surface area contributed by atoms with Gasteiger partial charge in [0, 0.05) is 17.7 Å². The van der Waals surface area contributed by atoms with Gasteiger partial charge in [0.15, 0.2) is 0 Å². The number of hydrazone groups is 1. The molecule has 0 spiro atoms. The number of amides is 1. The number of nitrogens with zero attached hydrogens (tertiary/aromatic N) is 3. The minimum Gasteiger partial charge on any atom is -0.362 e. The third-order valence-corrected chi connectivity index (χ3v) is 3.72. The maximum absolute atomic E-state index is 13.2. The molecule has 0 radical (unpaired) electrons. The summed E-state index contributed by atoms with van der Waals surface area (Å²) in [5.74, 6) is -1.65. The molecule has 2 aromatic rings. The summed E-state index contributed by atoms with van der Waals surface area (Å²) >= 11 is 0. The Hall–Kier alpha value is -2.75. The number of halogens is 4. The van der Waals surface area contributed by atoms with Crippen LogP contribution in [0, 0.1) is 5.82 Å². The zero-order valence-corrected chi connectivity index (χ0v) is 12.8. The van der Waals surface area contributed by atoms with Crippen LogP contribution in [0.15, 0.2) is 35.4 Å². The van der Waals surface area contributed by atoms with Crippen LogP contribution < -0.4 is 0 Å². The molecular formula is C15H12F4N4O2. The van der Waals surface area contributed by atoms with E-state index in [1.165, 1.54) is 37.3 Å². The van der Waals surface area contributed by atoms with Gasteiger partial charge in [-0.3, -0.25) is 9.89 Å². The fourth-order valence-corrected chi connectivity index (χ4v) is 2.47. The summed E-state index contributed by atoms with van der Waals surface area (Å²) in [4.78, 5) is 12.4. The van der Waals surface area contributed by atoms with Gasteiger partial charge in [0.25, 0.3) is 11.6 Å². The zero-order chi connectivity index (χ0) is 18.4. The predicted octanol–water partition coefficient (Wildman–Crippen LogP) is 2.69. The summed E-state index contributed by atoms with van der Waals surface area (Å²) in [6.45, 7) is 1.28. The smallest absolute Gasteiger partial charge is 0.362 e. The van der Waals surface area contributed by atoms with Crippen molar-refractivity contribution >= 4 is 11.6 Å². The molecule has 0 aliphatic carbocycles. The molecule has 1 atom stereocenters. The van der Waals surface area contributed by atoms with Crippen molar-refractivity contribution in [3.8, 4) is 11.3 Å². The molecule has 1 amide bonds. The summed E-state index contributed by atoms with van der Waals surface area (Å²) in [6, 6.07) is 6.38. The quantitative estimate of drug-likeness (QED) is 0.812. The molecule has 0 fully saturated rings. The lowest BCUT2D eigenvalue weighted by atomic mass is 10.1. The molecule has 25 heavy (non-hydrogen) atoms. The highest BCUT2D eigenvalue weighted by Crippen LogP contribution is 2.40. The molecule has 10 heteroatoms. The Morgan fingerprint density at radius 2 is 1.96 bits per heavy atom. The summed E-state index contributed by atoms with van der Waals surface area (Å²) in [5.41, 5.74) is -3.04. The topological polar surface area (TPSA) is 81.6 Å². The number of carbonyl (C=O) groups is 1. The van der Waals surface area contributed by atoms with E-state index < -0.39 is 30.0 Å². The SMILES string of the molecule is CC1=NN(C(=O)c2cc(-c3ccc(F)cc3)n[nH]2)[C@](O)(C(F)(F)F)C1. The van der Waals surface area contributed by atoms with E-state index >= 15 is 0 Å². The highest BCUT2D eigenvalue weighted by atomic mass is 19.4. The molecule has 2 N–H and O–H groups in total. The Balaban J connectivity index is 1.92. The first-order valence-electron chi connectivity index (χ1n) is 7.11. The van der Waals surface area contributed by atoms with Gasteiger partial charge in [-0.2, -0.15) is 28.4 Å². The van der Waals surface area contributed by atoms with Crippen molar-refractivity contribution in [2.75, 3.05) is 0 Å². The van der Waals surface area contributed by atoms with Crippen molar-refractivity contribution in [3.05, 3.63) is 41.8 Å². The largest absolute Gasteiger partial charge is 0.438 e. The van der Waals surface area contributed by atoms with Crippen LogP contribution in [0.5, 0.6) is 0 Å². The first-order valence-corrected chi connectivity index (χ1v) is 7.11. The second-order valence-corrected chi connectivity index (χ2v) is 5.62. The number of aliphatic hydroxyl groups is 1. The second-order valence-electron chi connectivity index (χ2n) is 5.62. The van der Waals surface area contributed by atoms with E-state index in [2.05, 4.69) is 15.3 Å². The van der Waals surface area contributed by atoms with Gasteiger partial charge in [-0.15, -0.1) is 0 Å². The fraction of sp³-hybridized carbons (Fsp3) is 0.267. The normalized spacial score (nSPS) is 20.7. The van der Waals surface area contributed by atoms with E-state index in [1.54, 1.807) is 0 Å². The third kappa shape index (κ3) is 2.88. The summed E-state index contributed by atoms with van der Waals surface area (Å²) < 4.78 is 52.5. The molecule has 1 aliphatic heterocycles. The number of rotatable bonds is 2. The standard InChI is InChI=1S/C15H12F4N4O2/c1-8-7-14(25,15(17,18)19)23(22-8)13(24)12-6-11(20-21-12)9-2-4-10(16)5-3-9/h2-6,25H,7H2,1H3,(H,20,21)/t14-/m1/s1. The Bertz CT molecular complexity index is 844. The van der Waals surface area contributed by atoms with E-state index in [-0.39, 0.29) is 22.1 Å². The maximum Gasteiger partial charge on any atom is 0.438 e. The van der Waals surface area contributed by atoms with Crippen LogP contribution in [-0.4, -0.2) is 43.8 Å². The van der Waals surface area contributed by atoms with E-state index in [0.29, 0.717) is 5.56 Å². The van der Waals surface area contributed by atoms with E-state index in [9.17, 15) is 27.5 Å². The van der Waals surface area contributed by atoms with Crippen molar-refractivity contribution in [3.63, 3.8) is 0 Å². The van der Waals surface area contributed by atoms with Crippen molar-refractivity contribution in [2.45, 2.75) is 25.2 Å². The van der Waals surface area contributed by atoms with Gasteiger partial charge in [0.2, 0.25) is 0 Å². The average Bonchev–Trinajstić information content (AvgIpc) is 3.12. The maximum atomic E-state index is 13.2. The van der Waals surface area contributed by atoms with Crippen LogP contribution in [0.1, 0.15) is 23.8 Å². The van der Waals surface area contributed by atoms with E-state index in [0.717, 1.165) is 0 Å². The van der Waals surface area contributed by atoms with Gasteiger partial charge in [-0.1, -0.05) is 0 Å². The Morgan fingerprint density at radius 1 is 1.32 bits per heavy atom. The Morgan fingerprint density at radius 3 is 2.56 bits per heavy atom. The molecule has 1 aromatic heterocycles. The van der Waals surface area contributed by atoms with Crippen LogP contribution in [0.4, 0.5) is 17.6 Å². The molecular weight excluding hydrogens is 344 g/mol. The Kier molecular flexibility index (Phi) is 3.87. The minimum absolute atomic E-state index is 0.00425. The monoisotopic (exact) mass is 356 g/mol. The van der Waals surface area contributed by atoms with Crippen molar-refractivity contribution < 1.29 is 27.5 Å². The van der Waals surface area contributed by atoms with Gasteiger partial charge in [0.1, 0.15) is 11.5 Å². The average molecular weight is 356 g/mol. The number of nitrogens with one attached hydrogen (secondary N) is 1. The van der Waals surface area contributed by atoms with Crippen LogP contribution in [0.2, 0.25) is 0 Å². The van der Waals surface area contributed by atoms with E-state index in [1.807, 2.05) is 0 Å². The number of aromatic nitrogens is 2. The summed E-state index contributed by atoms with van der Waals surface area (Å²) in [6.07, 6.45) is -5.91. The van der Waals surface area contributed by atoms with Crippen molar-refractivity contribution in [2.24, 2.45) is 5.10 Å². The number of aromatic amines is 1. The lowest BCUT2D eigenvalue weighted by Gasteiger charge is -2.32. The predicted molar refractivity (Wildman–Crippen MR) is 78.9 cm³/mol. The first kappa shape index (κ1) is 17.1. The molecule has 0 saturated carbocycles. The fourth-order valence-electron chi connectivity index (χ4n) is 2.47. The van der Waals surface area contributed by atoms with Gasteiger partial charge >= 0.3 is 6.18 Å². The van der Waals surface area contributed by atoms with Crippen LogP contribution >= 0.6 is 0 Å². The lowest BCUT2D eigenvalue weighted by Crippen LogP contribution is -2.56. The van der Waals surface area contributed by atoms with E-state index in [4.69, 9.17) is 0 Å². The van der Waals surface area contributed by atoms with Gasteiger partial charge in [-0.05, 0) is 37.3 Å². The van der Waals surface area contributed by atoms with Gasteiger partial charge in [-0.25, -0.2) is 4.39 Å². The number of benzene rings is 1. The molecule has 1 aromatic carbocycles. The van der Waals surface area contributed by atoms with Gasteiger partial charge < -0.3 is 5.11 Å². The molecule has 6 nitrogen and oxygen atoms in total. The van der Waals surface area contributed by atoms with Crippen LogP contribution in [0.25, 0.3) is 11.3 Å². The van der Waals surface area contributed by atoms with Crippen molar-refractivity contribution in [1.82, 2.24) is 15.2 Å². The molecule has 2 heterocycles. The summed E-state index contributed by atoms with van der Waals surface area (Å²) in [5, 5.41) is 19.6. The van der Waals surface area contributed by atoms with Gasteiger partial charge in [0.05, 0.1) is 5.69 Å².